The zero-order valence-corrected chi connectivity index (χ0v) is 13.1. The van der Waals surface area contributed by atoms with Crippen molar-refractivity contribution in [3.05, 3.63) is 54.1 Å². The maximum atomic E-state index is 12.4. The molecule has 1 unspecified atom stereocenters. The first-order valence-electron chi connectivity index (χ1n) is 7.57. The molecule has 1 aliphatic rings. The van der Waals surface area contributed by atoms with Crippen LogP contribution < -0.4 is 20.5 Å². The van der Waals surface area contributed by atoms with Crippen LogP contribution in [0.15, 0.2) is 53.5 Å². The third-order valence-corrected chi connectivity index (χ3v) is 3.55. The quantitative estimate of drug-likeness (QED) is 0.655. The van der Waals surface area contributed by atoms with Gasteiger partial charge in [-0.3, -0.25) is 0 Å². The summed E-state index contributed by atoms with van der Waals surface area (Å²) in [5, 5.41) is 2.63. The second-order valence-electron chi connectivity index (χ2n) is 5.45. The molecule has 0 aromatic heterocycles. The minimum atomic E-state index is -4.78. The Morgan fingerprint density at radius 1 is 1.20 bits per heavy atom. The van der Waals surface area contributed by atoms with Gasteiger partial charge in [-0.25, -0.2) is 4.99 Å². The van der Waals surface area contributed by atoms with Crippen LogP contribution in [0.4, 0.5) is 18.9 Å². The van der Waals surface area contributed by atoms with Gasteiger partial charge in [-0.2, -0.15) is 0 Å². The Morgan fingerprint density at radius 2 is 1.92 bits per heavy atom. The highest BCUT2D eigenvalue weighted by Gasteiger charge is 2.32. The topological polar surface area (TPSA) is 68.9 Å². The Balaban J connectivity index is 1.61. The van der Waals surface area contributed by atoms with Crippen molar-refractivity contribution in [3.63, 3.8) is 0 Å². The lowest BCUT2D eigenvalue weighted by molar-refractivity contribution is -0.274. The van der Waals surface area contributed by atoms with Gasteiger partial charge >= 0.3 is 6.36 Å². The number of alkyl halides is 3. The number of aliphatic imine (C=N–C) groups is 1. The zero-order valence-electron chi connectivity index (χ0n) is 13.1. The van der Waals surface area contributed by atoms with Crippen molar-refractivity contribution in [1.29, 1.82) is 0 Å². The summed E-state index contributed by atoms with van der Waals surface area (Å²) < 4.78 is 46.9. The maximum Gasteiger partial charge on any atom is 0.573 e. The first kappa shape index (κ1) is 16.9. The fourth-order valence-corrected chi connectivity index (χ4v) is 2.52. The number of rotatable bonds is 4. The van der Waals surface area contributed by atoms with Crippen molar-refractivity contribution in [2.24, 2.45) is 10.7 Å². The summed E-state index contributed by atoms with van der Waals surface area (Å²) in [6.07, 6.45) is -4.23. The van der Waals surface area contributed by atoms with E-state index < -0.39 is 6.36 Å². The van der Waals surface area contributed by atoms with Crippen LogP contribution in [0.1, 0.15) is 5.56 Å². The number of fused-ring (bicyclic) bond motifs is 1. The molecule has 3 rings (SSSR count). The van der Waals surface area contributed by atoms with E-state index in [-0.39, 0.29) is 30.0 Å². The first-order chi connectivity index (χ1) is 11.9. The number of nitrogens with two attached hydrogens (primary N) is 1. The van der Waals surface area contributed by atoms with Gasteiger partial charge in [0.25, 0.3) is 0 Å². The molecule has 2 aromatic rings. The van der Waals surface area contributed by atoms with Gasteiger partial charge in [-0.15, -0.1) is 13.2 Å². The van der Waals surface area contributed by atoms with E-state index in [1.807, 2.05) is 24.3 Å². The molecule has 5 nitrogen and oxygen atoms in total. The summed E-state index contributed by atoms with van der Waals surface area (Å²) in [6.45, 7) is 0.288. The number of ether oxygens (including phenoxy) is 2. The third kappa shape index (κ3) is 4.56. The van der Waals surface area contributed by atoms with Crippen molar-refractivity contribution in [1.82, 2.24) is 0 Å². The number of halogens is 3. The Bertz CT molecular complexity index is 753. The predicted octanol–water partition coefficient (Wildman–Crippen LogP) is 3.32. The second-order valence-corrected chi connectivity index (χ2v) is 5.45. The average Bonchev–Trinajstić information content (AvgIpc) is 2.96. The Labute approximate surface area is 142 Å². The third-order valence-electron chi connectivity index (χ3n) is 3.55. The number of guanidine groups is 1. The SMILES string of the molecule is NC(=NCC1Cc2ccccc2O1)Nc1ccccc1OC(F)(F)F. The second kappa shape index (κ2) is 6.92. The summed E-state index contributed by atoms with van der Waals surface area (Å²) in [4.78, 5) is 4.14. The van der Waals surface area contributed by atoms with Crippen LogP contribution >= 0.6 is 0 Å². The Hall–Kier alpha value is -2.90. The molecule has 0 aliphatic carbocycles. The molecule has 25 heavy (non-hydrogen) atoms. The van der Waals surface area contributed by atoms with Gasteiger partial charge in [0, 0.05) is 6.42 Å². The molecular weight excluding hydrogens is 335 g/mol. The van der Waals surface area contributed by atoms with Crippen molar-refractivity contribution < 1.29 is 22.6 Å². The van der Waals surface area contributed by atoms with E-state index in [1.54, 1.807) is 6.07 Å². The summed E-state index contributed by atoms with van der Waals surface area (Å²) in [5.41, 5.74) is 6.94. The molecule has 2 aromatic carbocycles. The zero-order chi connectivity index (χ0) is 17.9. The predicted molar refractivity (Wildman–Crippen MR) is 87.8 cm³/mol. The Kier molecular flexibility index (Phi) is 4.69. The number of nitrogens with one attached hydrogen (secondary N) is 1. The van der Waals surface area contributed by atoms with E-state index >= 15 is 0 Å². The molecule has 1 aliphatic heterocycles. The standard InChI is InChI=1S/C17H16F3N3O2/c18-17(19,20)25-15-8-4-2-6-13(15)23-16(21)22-10-12-9-11-5-1-3-7-14(11)24-12/h1-8,12H,9-10H2,(H3,21,22,23). The number of benzene rings is 2. The molecule has 8 heteroatoms. The summed E-state index contributed by atoms with van der Waals surface area (Å²) in [5.74, 6) is 0.425. The number of para-hydroxylation sites is 3. The monoisotopic (exact) mass is 351 g/mol. The lowest BCUT2D eigenvalue weighted by atomic mass is 10.1. The molecule has 0 bridgehead atoms. The molecular formula is C17H16F3N3O2. The lowest BCUT2D eigenvalue weighted by Gasteiger charge is -2.14. The molecule has 0 saturated heterocycles. The van der Waals surface area contributed by atoms with Crippen molar-refractivity contribution in [2.75, 3.05) is 11.9 Å². The van der Waals surface area contributed by atoms with Crippen LogP contribution in [0, 0.1) is 0 Å². The minimum absolute atomic E-state index is 0.0159. The van der Waals surface area contributed by atoms with E-state index in [1.165, 1.54) is 18.2 Å². The highest BCUT2D eigenvalue weighted by Crippen LogP contribution is 2.30. The normalized spacial score (nSPS) is 16.9. The molecule has 1 atom stereocenters. The van der Waals surface area contributed by atoms with Crippen LogP contribution in [-0.2, 0) is 6.42 Å². The minimum Gasteiger partial charge on any atom is -0.488 e. The molecule has 0 radical (unpaired) electrons. The fraction of sp³-hybridized carbons (Fsp3) is 0.235. The maximum absolute atomic E-state index is 12.4. The van der Waals surface area contributed by atoms with Crippen LogP contribution in [0.25, 0.3) is 0 Å². The summed E-state index contributed by atoms with van der Waals surface area (Å²) >= 11 is 0. The number of hydrogen-bond acceptors (Lipinski definition) is 3. The van der Waals surface area contributed by atoms with Gasteiger partial charge in [-0.1, -0.05) is 30.3 Å². The highest BCUT2D eigenvalue weighted by molar-refractivity contribution is 5.93. The molecule has 0 amide bonds. The van der Waals surface area contributed by atoms with Crippen molar-refractivity contribution in [2.45, 2.75) is 18.9 Å². The average molecular weight is 351 g/mol. The number of hydrogen-bond donors (Lipinski definition) is 2. The van der Waals surface area contributed by atoms with E-state index in [4.69, 9.17) is 10.5 Å². The van der Waals surface area contributed by atoms with Gasteiger partial charge in [0.2, 0.25) is 0 Å². The molecule has 0 saturated carbocycles. The van der Waals surface area contributed by atoms with E-state index in [0.717, 1.165) is 11.3 Å². The largest absolute Gasteiger partial charge is 0.573 e. The van der Waals surface area contributed by atoms with E-state index in [9.17, 15) is 13.2 Å². The van der Waals surface area contributed by atoms with Gasteiger partial charge in [0.1, 0.15) is 11.9 Å². The van der Waals surface area contributed by atoms with Gasteiger partial charge in [0.15, 0.2) is 11.7 Å². The summed E-state index contributed by atoms with van der Waals surface area (Å²) in [7, 11) is 0. The van der Waals surface area contributed by atoms with Crippen LogP contribution in [0.5, 0.6) is 11.5 Å². The van der Waals surface area contributed by atoms with E-state index in [0.29, 0.717) is 6.42 Å². The van der Waals surface area contributed by atoms with Crippen LogP contribution in [0.2, 0.25) is 0 Å². The van der Waals surface area contributed by atoms with Gasteiger partial charge < -0.3 is 20.5 Å². The van der Waals surface area contributed by atoms with E-state index in [2.05, 4.69) is 15.0 Å². The molecule has 3 N–H and O–H groups in total. The van der Waals surface area contributed by atoms with Crippen molar-refractivity contribution in [3.8, 4) is 11.5 Å². The number of nitrogens with zero attached hydrogens (tertiary/aromatic N) is 1. The highest BCUT2D eigenvalue weighted by atomic mass is 19.4. The summed E-state index contributed by atoms with van der Waals surface area (Å²) in [6, 6.07) is 13.3. The lowest BCUT2D eigenvalue weighted by Crippen LogP contribution is -2.27. The first-order valence-corrected chi connectivity index (χ1v) is 7.57. The number of anilines is 1. The fourth-order valence-electron chi connectivity index (χ4n) is 2.52. The molecule has 0 spiro atoms. The molecule has 0 fully saturated rings. The van der Waals surface area contributed by atoms with Crippen LogP contribution in [0.3, 0.4) is 0 Å². The van der Waals surface area contributed by atoms with Crippen LogP contribution in [-0.4, -0.2) is 25.0 Å². The van der Waals surface area contributed by atoms with Crippen molar-refractivity contribution >= 4 is 11.6 Å². The van der Waals surface area contributed by atoms with Gasteiger partial charge in [-0.05, 0) is 23.8 Å². The Morgan fingerprint density at radius 3 is 2.68 bits per heavy atom. The molecule has 132 valence electrons. The van der Waals surface area contributed by atoms with Gasteiger partial charge in [0.05, 0.1) is 12.2 Å². The molecule has 1 heterocycles. The smallest absolute Gasteiger partial charge is 0.488 e.